The molecule has 0 radical (unpaired) electrons. The topological polar surface area (TPSA) is 91.8 Å². The third kappa shape index (κ3) is 1.50. The maximum Gasteiger partial charge on any atom is 0.339 e. The molecule has 2 aromatic rings. The molecule has 2 aromatic heterocycles. The van der Waals surface area contributed by atoms with E-state index in [1.165, 1.54) is 35.4 Å². The first-order valence-corrected chi connectivity index (χ1v) is 4.35. The Labute approximate surface area is 90.4 Å². The van der Waals surface area contributed by atoms with Gasteiger partial charge in [-0.15, -0.1) is 0 Å². The predicted molar refractivity (Wildman–Crippen MR) is 53.0 cm³/mol. The number of carbonyl (C=O) groups is 1. The van der Waals surface area contributed by atoms with Crippen molar-refractivity contribution in [3.05, 3.63) is 42.2 Å². The minimum Gasteiger partial charge on any atom is -0.478 e. The zero-order valence-electron chi connectivity index (χ0n) is 8.03. The van der Waals surface area contributed by atoms with Crippen molar-refractivity contribution < 1.29 is 9.90 Å². The van der Waals surface area contributed by atoms with Crippen LogP contribution in [-0.2, 0) is 0 Å². The van der Waals surface area contributed by atoms with Crippen molar-refractivity contribution in [1.29, 1.82) is 5.26 Å². The highest BCUT2D eigenvalue weighted by Crippen LogP contribution is 2.14. The molecule has 0 aliphatic heterocycles. The number of hydrogen-bond donors (Lipinski definition) is 1. The van der Waals surface area contributed by atoms with E-state index in [9.17, 15) is 4.79 Å². The fourth-order valence-corrected chi connectivity index (χ4v) is 1.34. The lowest BCUT2D eigenvalue weighted by atomic mass is 10.2. The Hall–Kier alpha value is -2.68. The van der Waals surface area contributed by atoms with Gasteiger partial charge in [-0.25, -0.2) is 9.78 Å². The van der Waals surface area contributed by atoms with Gasteiger partial charge in [0.15, 0.2) is 0 Å². The Kier molecular flexibility index (Phi) is 2.36. The molecule has 1 N–H and O–H groups in total. The Morgan fingerprint density at radius 2 is 2.31 bits per heavy atom. The van der Waals surface area contributed by atoms with E-state index in [2.05, 4.69) is 9.97 Å². The summed E-state index contributed by atoms with van der Waals surface area (Å²) in [7, 11) is 0. The lowest BCUT2D eigenvalue weighted by Crippen LogP contribution is -2.06. The summed E-state index contributed by atoms with van der Waals surface area (Å²) in [5, 5.41) is 17.8. The summed E-state index contributed by atoms with van der Waals surface area (Å²) in [5.74, 6) is -0.964. The van der Waals surface area contributed by atoms with E-state index in [0.29, 0.717) is 5.69 Å². The van der Waals surface area contributed by atoms with Gasteiger partial charge in [0, 0.05) is 24.8 Å². The SMILES string of the molecule is N#Cc1nccn1-c1ccncc1C(=O)O. The van der Waals surface area contributed by atoms with E-state index in [0.717, 1.165) is 0 Å². The molecule has 0 saturated heterocycles. The number of imidazole rings is 1. The molecule has 2 rings (SSSR count). The highest BCUT2D eigenvalue weighted by atomic mass is 16.4. The molecule has 0 unspecified atom stereocenters. The molecule has 78 valence electrons. The summed E-state index contributed by atoms with van der Waals surface area (Å²) < 4.78 is 1.41. The number of nitriles is 1. The highest BCUT2D eigenvalue weighted by molar-refractivity contribution is 5.91. The van der Waals surface area contributed by atoms with Crippen LogP contribution in [0.2, 0.25) is 0 Å². The van der Waals surface area contributed by atoms with Crippen LogP contribution in [0, 0.1) is 11.3 Å². The number of aromatic nitrogens is 3. The predicted octanol–water partition coefficient (Wildman–Crippen LogP) is 0.837. The Morgan fingerprint density at radius 1 is 1.50 bits per heavy atom. The summed E-state index contributed by atoms with van der Waals surface area (Å²) in [6.07, 6.45) is 5.66. The van der Waals surface area contributed by atoms with Crippen molar-refractivity contribution in [2.45, 2.75) is 0 Å². The van der Waals surface area contributed by atoms with Crippen LogP contribution in [-0.4, -0.2) is 25.6 Å². The fraction of sp³-hybridized carbons (Fsp3) is 0. The molecule has 0 aliphatic rings. The summed E-state index contributed by atoms with van der Waals surface area (Å²) in [6.45, 7) is 0. The van der Waals surface area contributed by atoms with E-state index < -0.39 is 5.97 Å². The molecular weight excluding hydrogens is 208 g/mol. The molecule has 6 heteroatoms. The molecule has 16 heavy (non-hydrogen) atoms. The van der Waals surface area contributed by atoms with Crippen LogP contribution in [0.15, 0.2) is 30.9 Å². The Morgan fingerprint density at radius 3 is 3.00 bits per heavy atom. The zero-order valence-corrected chi connectivity index (χ0v) is 8.03. The van der Waals surface area contributed by atoms with Crippen LogP contribution in [0.1, 0.15) is 16.2 Å². The monoisotopic (exact) mass is 214 g/mol. The van der Waals surface area contributed by atoms with Crippen molar-refractivity contribution in [3.63, 3.8) is 0 Å². The normalized spacial score (nSPS) is 9.69. The van der Waals surface area contributed by atoms with E-state index in [1.54, 1.807) is 0 Å². The molecule has 0 bridgehead atoms. The van der Waals surface area contributed by atoms with Crippen molar-refractivity contribution in [3.8, 4) is 11.8 Å². The molecule has 6 nitrogen and oxygen atoms in total. The van der Waals surface area contributed by atoms with Gasteiger partial charge >= 0.3 is 5.97 Å². The van der Waals surface area contributed by atoms with Crippen molar-refractivity contribution in [1.82, 2.24) is 14.5 Å². The second-order valence-electron chi connectivity index (χ2n) is 2.93. The van der Waals surface area contributed by atoms with Crippen molar-refractivity contribution in [2.24, 2.45) is 0 Å². The van der Waals surface area contributed by atoms with E-state index >= 15 is 0 Å². The van der Waals surface area contributed by atoms with Gasteiger partial charge in [-0.1, -0.05) is 0 Å². The van der Waals surface area contributed by atoms with Crippen LogP contribution in [0.4, 0.5) is 0 Å². The second kappa shape index (κ2) is 3.82. The number of carboxylic acids is 1. The van der Waals surface area contributed by atoms with Crippen LogP contribution >= 0.6 is 0 Å². The van der Waals surface area contributed by atoms with Gasteiger partial charge in [0.05, 0.1) is 5.69 Å². The van der Waals surface area contributed by atoms with Crippen molar-refractivity contribution in [2.75, 3.05) is 0 Å². The average molecular weight is 214 g/mol. The smallest absolute Gasteiger partial charge is 0.339 e. The molecule has 0 fully saturated rings. The van der Waals surface area contributed by atoms with Gasteiger partial charge in [-0.2, -0.15) is 5.26 Å². The number of nitrogens with zero attached hydrogens (tertiary/aromatic N) is 4. The second-order valence-corrected chi connectivity index (χ2v) is 2.93. The van der Waals surface area contributed by atoms with Gasteiger partial charge in [-0.3, -0.25) is 9.55 Å². The first-order chi connectivity index (χ1) is 7.74. The van der Waals surface area contributed by atoms with E-state index in [-0.39, 0.29) is 11.4 Å². The molecule has 0 amide bonds. The summed E-state index contributed by atoms with van der Waals surface area (Å²) in [5.41, 5.74) is 0.397. The molecular formula is C10H6N4O2. The van der Waals surface area contributed by atoms with E-state index in [1.807, 2.05) is 6.07 Å². The number of carboxylic acid groups (broad SMARTS) is 1. The minimum atomic E-state index is -1.10. The van der Waals surface area contributed by atoms with Gasteiger partial charge < -0.3 is 5.11 Å². The Balaban J connectivity index is 2.66. The third-order valence-corrected chi connectivity index (χ3v) is 2.03. The maximum absolute atomic E-state index is 11.0. The van der Waals surface area contributed by atoms with Crippen LogP contribution < -0.4 is 0 Å². The quantitative estimate of drug-likeness (QED) is 0.799. The lowest BCUT2D eigenvalue weighted by Gasteiger charge is -2.06. The van der Waals surface area contributed by atoms with Crippen LogP contribution in [0.25, 0.3) is 5.69 Å². The van der Waals surface area contributed by atoms with Crippen LogP contribution in [0.5, 0.6) is 0 Å². The number of rotatable bonds is 2. The van der Waals surface area contributed by atoms with Gasteiger partial charge in [0.2, 0.25) is 5.82 Å². The summed E-state index contributed by atoms with van der Waals surface area (Å²) in [6, 6.07) is 3.40. The largest absolute Gasteiger partial charge is 0.478 e. The first kappa shape index (κ1) is 9.86. The van der Waals surface area contributed by atoms with Crippen LogP contribution in [0.3, 0.4) is 0 Å². The molecule has 0 saturated carbocycles. The van der Waals surface area contributed by atoms with Gasteiger partial charge in [0.1, 0.15) is 11.6 Å². The molecule has 0 aliphatic carbocycles. The summed E-state index contributed by atoms with van der Waals surface area (Å²) in [4.78, 5) is 18.5. The molecule has 0 atom stereocenters. The standard InChI is InChI=1S/C10H6N4O2/c11-5-9-13-3-4-14(9)8-1-2-12-6-7(8)10(15)16/h1-4,6H,(H,15,16). The van der Waals surface area contributed by atoms with Gasteiger partial charge in [-0.05, 0) is 6.07 Å². The van der Waals surface area contributed by atoms with Crippen molar-refractivity contribution >= 4 is 5.97 Å². The maximum atomic E-state index is 11.0. The third-order valence-electron chi connectivity index (χ3n) is 2.03. The number of hydrogen-bond acceptors (Lipinski definition) is 4. The lowest BCUT2D eigenvalue weighted by molar-refractivity contribution is 0.0696. The summed E-state index contributed by atoms with van der Waals surface area (Å²) >= 11 is 0. The van der Waals surface area contributed by atoms with E-state index in [4.69, 9.17) is 10.4 Å². The van der Waals surface area contributed by atoms with Gasteiger partial charge in [0.25, 0.3) is 0 Å². The molecule has 2 heterocycles. The Bertz CT molecular complexity index is 583. The first-order valence-electron chi connectivity index (χ1n) is 4.35. The zero-order chi connectivity index (χ0) is 11.5. The fourth-order valence-electron chi connectivity index (χ4n) is 1.34. The molecule has 0 aromatic carbocycles. The highest BCUT2D eigenvalue weighted by Gasteiger charge is 2.13. The number of pyridine rings is 1. The molecule has 0 spiro atoms. The minimum absolute atomic E-state index is 0.0250. The average Bonchev–Trinajstić information content (AvgIpc) is 2.76. The number of aromatic carboxylic acids is 1.